The van der Waals surface area contributed by atoms with Gasteiger partial charge in [-0.15, -0.1) is 0 Å². The molecule has 0 bridgehead atoms. The van der Waals surface area contributed by atoms with E-state index in [1.807, 2.05) is 0 Å². The molecule has 2 aliphatic rings. The van der Waals surface area contributed by atoms with E-state index in [1.165, 1.54) is 11.1 Å². The molecule has 2 atom stereocenters. The van der Waals surface area contributed by atoms with Gasteiger partial charge in [0.05, 0.1) is 21.6 Å². The molecule has 1 saturated heterocycles. The van der Waals surface area contributed by atoms with Crippen molar-refractivity contribution in [3.8, 4) is 0 Å². The molecule has 0 spiro atoms. The first-order valence-corrected chi connectivity index (χ1v) is 9.59. The van der Waals surface area contributed by atoms with Crippen LogP contribution in [0.5, 0.6) is 0 Å². The van der Waals surface area contributed by atoms with E-state index in [2.05, 4.69) is 0 Å². The Bertz CT molecular complexity index is 1050. The number of rotatable bonds is 5. The van der Waals surface area contributed by atoms with Crippen LogP contribution in [0.1, 0.15) is 35.7 Å². The zero-order valence-electron chi connectivity index (χ0n) is 15.1. The Kier molecular flexibility index (Phi) is 4.98. The van der Waals surface area contributed by atoms with E-state index >= 15 is 0 Å². The summed E-state index contributed by atoms with van der Waals surface area (Å²) in [4.78, 5) is 25.5. The molecule has 1 aromatic heterocycles. The monoisotopic (exact) mass is 430 g/mol. The third-order valence-electron chi connectivity index (χ3n) is 5.64. The predicted octanol–water partition coefficient (Wildman–Crippen LogP) is 3.28. The van der Waals surface area contributed by atoms with E-state index in [9.17, 15) is 33.0 Å². The number of aromatic nitrogens is 1. The summed E-state index contributed by atoms with van der Waals surface area (Å²) >= 11 is 6.50. The van der Waals surface area contributed by atoms with Gasteiger partial charge in [0.15, 0.2) is 0 Å². The second kappa shape index (κ2) is 7.21. The molecular formula is C19H18ClF3N2O4. The molecular weight excluding hydrogens is 413 g/mol. The van der Waals surface area contributed by atoms with E-state index in [4.69, 9.17) is 11.6 Å². The number of aliphatic hydroxyl groups is 1. The maximum atomic E-state index is 14.9. The van der Waals surface area contributed by atoms with Crippen LogP contribution in [-0.2, 0) is 0 Å². The van der Waals surface area contributed by atoms with Gasteiger partial charge in [0.25, 0.3) is 6.43 Å². The first kappa shape index (κ1) is 20.0. The quantitative estimate of drug-likeness (QED) is 0.760. The average molecular weight is 431 g/mol. The van der Waals surface area contributed by atoms with Gasteiger partial charge in [-0.25, -0.2) is 18.0 Å². The number of fused-ring (bicyclic) bond motifs is 1. The molecule has 0 amide bonds. The molecule has 2 fully saturated rings. The maximum absolute atomic E-state index is 14.9. The molecule has 6 nitrogen and oxygen atoms in total. The van der Waals surface area contributed by atoms with Crippen LogP contribution in [0.15, 0.2) is 17.1 Å². The number of nitrogens with zero attached hydrogens (tertiary/aromatic N) is 2. The molecule has 2 heterocycles. The van der Waals surface area contributed by atoms with Crippen molar-refractivity contribution < 1.29 is 28.2 Å². The van der Waals surface area contributed by atoms with Crippen molar-refractivity contribution in [3.63, 3.8) is 0 Å². The molecule has 10 heteroatoms. The zero-order valence-corrected chi connectivity index (χ0v) is 15.9. The third kappa shape index (κ3) is 3.36. The molecule has 0 radical (unpaired) electrons. The summed E-state index contributed by atoms with van der Waals surface area (Å²) in [5.41, 5.74) is -1.09. The first-order chi connectivity index (χ1) is 13.7. The number of pyridine rings is 1. The van der Waals surface area contributed by atoms with Crippen molar-refractivity contribution >= 4 is 34.2 Å². The van der Waals surface area contributed by atoms with E-state index in [-0.39, 0.29) is 47.2 Å². The Morgan fingerprint density at radius 1 is 1.28 bits per heavy atom. The minimum Gasteiger partial charge on any atom is -0.477 e. The fraction of sp³-hybridized carbons (Fsp3) is 0.474. The van der Waals surface area contributed by atoms with Crippen LogP contribution in [0.4, 0.5) is 18.9 Å². The van der Waals surface area contributed by atoms with Crippen LogP contribution in [0.2, 0.25) is 5.02 Å². The predicted molar refractivity (Wildman–Crippen MR) is 101 cm³/mol. The number of aromatic carboxylic acids is 1. The Hall–Kier alpha value is -2.26. The average Bonchev–Trinajstić information content (AvgIpc) is 3.39. The van der Waals surface area contributed by atoms with Crippen LogP contribution in [0.25, 0.3) is 10.9 Å². The minimum atomic E-state index is -2.90. The summed E-state index contributed by atoms with van der Waals surface area (Å²) < 4.78 is 42.2. The lowest BCUT2D eigenvalue weighted by Crippen LogP contribution is -2.31. The summed E-state index contributed by atoms with van der Waals surface area (Å²) in [7, 11) is 0. The van der Waals surface area contributed by atoms with Crippen molar-refractivity contribution in [2.24, 2.45) is 5.92 Å². The zero-order chi connectivity index (χ0) is 21.0. The molecule has 2 aromatic rings. The number of anilines is 1. The maximum Gasteiger partial charge on any atom is 0.341 e. The van der Waals surface area contributed by atoms with Gasteiger partial charge >= 0.3 is 5.97 Å². The van der Waals surface area contributed by atoms with Gasteiger partial charge < -0.3 is 19.7 Å². The van der Waals surface area contributed by atoms with Gasteiger partial charge in [0, 0.05) is 31.2 Å². The van der Waals surface area contributed by atoms with Crippen molar-refractivity contribution in [1.82, 2.24) is 4.57 Å². The smallest absolute Gasteiger partial charge is 0.341 e. The van der Waals surface area contributed by atoms with Crippen LogP contribution in [-0.4, -0.2) is 46.4 Å². The molecule has 1 aliphatic heterocycles. The van der Waals surface area contributed by atoms with E-state index in [0.717, 1.165) is 18.9 Å². The fourth-order valence-electron chi connectivity index (χ4n) is 3.99. The van der Waals surface area contributed by atoms with E-state index in [1.54, 1.807) is 4.57 Å². The summed E-state index contributed by atoms with van der Waals surface area (Å²) in [6, 6.07) is 0.917. The Labute approximate surface area is 168 Å². The molecule has 156 valence electrons. The second-order valence-electron chi connectivity index (χ2n) is 7.55. The molecule has 2 unspecified atom stereocenters. The number of alkyl halides is 2. The minimum absolute atomic E-state index is 0.00543. The van der Waals surface area contributed by atoms with Crippen LogP contribution in [0.3, 0.4) is 0 Å². The normalized spacial score (nSPS) is 20.6. The first-order valence-electron chi connectivity index (χ1n) is 9.22. The number of benzene rings is 1. The Morgan fingerprint density at radius 2 is 1.97 bits per heavy atom. The molecule has 1 aromatic carbocycles. The number of carbonyl (C=O) groups is 1. The van der Waals surface area contributed by atoms with Gasteiger partial charge in [-0.05, 0) is 25.3 Å². The molecule has 4 rings (SSSR count). The standard InChI is InChI=1S/C19H18ClF3N2O4/c20-13-14-10(17(27)11(19(28)29)7-25(14)9-1-2-9)5-12(21)15(13)24-4-3-8(6-24)16(26)18(22)23/h5,7-9,16,18,26H,1-4,6H2,(H,28,29). The van der Waals surface area contributed by atoms with E-state index in [0.29, 0.717) is 0 Å². The van der Waals surface area contributed by atoms with Crippen LogP contribution < -0.4 is 10.3 Å². The van der Waals surface area contributed by atoms with Gasteiger partial charge in [0.1, 0.15) is 17.5 Å². The Balaban J connectivity index is 1.85. The largest absolute Gasteiger partial charge is 0.477 e. The Morgan fingerprint density at radius 3 is 2.55 bits per heavy atom. The third-order valence-corrected chi connectivity index (χ3v) is 5.99. The lowest BCUT2D eigenvalue weighted by molar-refractivity contribution is -0.0334. The molecule has 2 N–H and O–H groups in total. The highest BCUT2D eigenvalue weighted by Crippen LogP contribution is 2.43. The van der Waals surface area contributed by atoms with Crippen molar-refractivity contribution in [1.29, 1.82) is 0 Å². The number of hydrogen-bond donors (Lipinski definition) is 2. The fourth-order valence-corrected chi connectivity index (χ4v) is 4.40. The SMILES string of the molecule is O=C(O)c1cn(C2CC2)c2c(Cl)c(N3CCC(C(O)C(F)F)C3)c(F)cc2c1=O. The van der Waals surface area contributed by atoms with Gasteiger partial charge in [-0.1, -0.05) is 11.6 Å². The second-order valence-corrected chi connectivity index (χ2v) is 7.93. The summed E-state index contributed by atoms with van der Waals surface area (Å²) in [5.74, 6) is -2.98. The molecule has 1 aliphatic carbocycles. The van der Waals surface area contributed by atoms with Crippen molar-refractivity contribution in [2.75, 3.05) is 18.0 Å². The van der Waals surface area contributed by atoms with Crippen molar-refractivity contribution in [2.45, 2.75) is 37.8 Å². The number of aliphatic hydroxyl groups excluding tert-OH is 1. The summed E-state index contributed by atoms with van der Waals surface area (Å²) in [6.07, 6.45) is -1.70. The summed E-state index contributed by atoms with van der Waals surface area (Å²) in [5, 5.41) is 18.8. The van der Waals surface area contributed by atoms with Gasteiger partial charge in [-0.3, -0.25) is 4.79 Å². The number of halogens is 4. The lowest BCUT2D eigenvalue weighted by Gasteiger charge is -2.24. The number of hydrogen-bond acceptors (Lipinski definition) is 4. The summed E-state index contributed by atoms with van der Waals surface area (Å²) in [6.45, 7) is 0.214. The highest BCUT2D eigenvalue weighted by Gasteiger charge is 2.36. The number of carboxylic acid groups (broad SMARTS) is 1. The van der Waals surface area contributed by atoms with Gasteiger partial charge in [-0.2, -0.15) is 0 Å². The van der Waals surface area contributed by atoms with Crippen molar-refractivity contribution in [3.05, 3.63) is 38.9 Å². The number of carboxylic acids is 1. The lowest BCUT2D eigenvalue weighted by atomic mass is 10.0. The van der Waals surface area contributed by atoms with E-state index < -0.39 is 41.2 Å². The van der Waals surface area contributed by atoms with Crippen LogP contribution >= 0.6 is 11.6 Å². The highest BCUT2D eigenvalue weighted by molar-refractivity contribution is 6.38. The van der Waals surface area contributed by atoms with Crippen LogP contribution in [0, 0.1) is 11.7 Å². The van der Waals surface area contributed by atoms with Gasteiger partial charge in [0.2, 0.25) is 5.43 Å². The highest BCUT2D eigenvalue weighted by atomic mass is 35.5. The molecule has 1 saturated carbocycles. The molecule has 29 heavy (non-hydrogen) atoms. The topological polar surface area (TPSA) is 82.8 Å².